The quantitative estimate of drug-likeness (QED) is 0.710. The monoisotopic (exact) mass is 254 g/mol. The van der Waals surface area contributed by atoms with Crippen molar-refractivity contribution in [1.82, 2.24) is 15.1 Å². The fourth-order valence-corrected chi connectivity index (χ4v) is 1.60. The van der Waals surface area contributed by atoms with Crippen molar-refractivity contribution in [3.63, 3.8) is 0 Å². The summed E-state index contributed by atoms with van der Waals surface area (Å²) in [6.45, 7) is 1.94. The summed E-state index contributed by atoms with van der Waals surface area (Å²) < 4.78 is 1.57. The Morgan fingerprint density at radius 1 is 1.56 bits per heavy atom. The topological polar surface area (TPSA) is 96.3 Å². The molecule has 1 atom stereocenters. The molecule has 1 aromatic rings. The van der Waals surface area contributed by atoms with Gasteiger partial charge in [0, 0.05) is 25.4 Å². The second-order valence-electron chi connectivity index (χ2n) is 4.06. The summed E-state index contributed by atoms with van der Waals surface area (Å²) >= 11 is 0. The van der Waals surface area contributed by atoms with Gasteiger partial charge in [-0.05, 0) is 6.42 Å². The molecule has 0 radical (unpaired) electrons. The molecule has 0 aromatic carbocycles. The van der Waals surface area contributed by atoms with E-state index in [0.29, 0.717) is 12.2 Å². The third kappa shape index (κ3) is 4.86. The van der Waals surface area contributed by atoms with Crippen LogP contribution in [0.4, 0.5) is 10.6 Å². The highest BCUT2D eigenvalue weighted by molar-refractivity contribution is 5.88. The van der Waals surface area contributed by atoms with E-state index in [1.54, 1.807) is 24.0 Å². The van der Waals surface area contributed by atoms with Crippen LogP contribution < -0.4 is 10.6 Å². The van der Waals surface area contributed by atoms with Crippen molar-refractivity contribution < 1.29 is 14.7 Å². The summed E-state index contributed by atoms with van der Waals surface area (Å²) in [5, 5.41) is 17.9. The molecule has 7 nitrogen and oxygen atoms in total. The van der Waals surface area contributed by atoms with Crippen LogP contribution in [0, 0.1) is 0 Å². The summed E-state index contributed by atoms with van der Waals surface area (Å²) in [5.74, 6) is -0.493. The van der Waals surface area contributed by atoms with E-state index in [9.17, 15) is 9.59 Å². The predicted octanol–water partition coefficient (Wildman–Crippen LogP) is 1.18. The number of aryl methyl sites for hydroxylation is 1. The van der Waals surface area contributed by atoms with Gasteiger partial charge in [0.15, 0.2) is 5.82 Å². The SMILES string of the molecule is CCCC(CC(=O)O)NC(=O)Nc1ccn(C)n1. The van der Waals surface area contributed by atoms with E-state index in [4.69, 9.17) is 5.11 Å². The molecule has 3 N–H and O–H groups in total. The number of anilines is 1. The first-order chi connectivity index (χ1) is 8.51. The molecule has 0 fully saturated rings. The lowest BCUT2D eigenvalue weighted by Gasteiger charge is -2.15. The maximum atomic E-state index is 11.6. The molecule has 18 heavy (non-hydrogen) atoms. The number of rotatable bonds is 6. The number of carbonyl (C=O) groups excluding carboxylic acids is 1. The third-order valence-corrected chi connectivity index (χ3v) is 2.35. The van der Waals surface area contributed by atoms with Crippen molar-refractivity contribution in [3.8, 4) is 0 Å². The summed E-state index contributed by atoms with van der Waals surface area (Å²) in [5.41, 5.74) is 0. The highest BCUT2D eigenvalue weighted by Gasteiger charge is 2.15. The lowest BCUT2D eigenvalue weighted by atomic mass is 10.1. The van der Waals surface area contributed by atoms with Crippen LogP contribution >= 0.6 is 0 Å². The highest BCUT2D eigenvalue weighted by Crippen LogP contribution is 2.04. The van der Waals surface area contributed by atoms with Gasteiger partial charge < -0.3 is 10.4 Å². The molecule has 0 saturated carbocycles. The van der Waals surface area contributed by atoms with Crippen molar-refractivity contribution in [2.75, 3.05) is 5.32 Å². The van der Waals surface area contributed by atoms with Gasteiger partial charge in [0.2, 0.25) is 0 Å². The molecule has 2 amide bonds. The maximum Gasteiger partial charge on any atom is 0.320 e. The summed E-state index contributed by atoms with van der Waals surface area (Å²) in [6.07, 6.45) is 3.06. The number of urea groups is 1. The smallest absolute Gasteiger partial charge is 0.320 e. The zero-order valence-electron chi connectivity index (χ0n) is 10.5. The number of hydrogen-bond acceptors (Lipinski definition) is 3. The summed E-state index contributed by atoms with van der Waals surface area (Å²) in [4.78, 5) is 22.3. The number of aliphatic carboxylic acids is 1. The highest BCUT2D eigenvalue weighted by atomic mass is 16.4. The van der Waals surface area contributed by atoms with Crippen LogP contribution in [0.15, 0.2) is 12.3 Å². The normalized spacial score (nSPS) is 11.9. The second-order valence-corrected chi connectivity index (χ2v) is 4.06. The molecule has 1 aromatic heterocycles. The van der Waals surface area contributed by atoms with Gasteiger partial charge in [-0.15, -0.1) is 0 Å². The van der Waals surface area contributed by atoms with Crippen LogP contribution in [0.2, 0.25) is 0 Å². The minimum absolute atomic E-state index is 0.0799. The van der Waals surface area contributed by atoms with Crippen molar-refractivity contribution >= 4 is 17.8 Å². The molecule has 0 spiro atoms. The lowest BCUT2D eigenvalue weighted by molar-refractivity contribution is -0.137. The number of aromatic nitrogens is 2. The Morgan fingerprint density at radius 2 is 2.28 bits per heavy atom. The number of nitrogens with one attached hydrogen (secondary N) is 2. The fraction of sp³-hybridized carbons (Fsp3) is 0.545. The standard InChI is InChI=1S/C11H18N4O3/c1-3-4-8(7-10(16)17)12-11(18)13-9-5-6-15(2)14-9/h5-6,8H,3-4,7H2,1-2H3,(H,16,17)(H2,12,13,14,18). The third-order valence-electron chi connectivity index (χ3n) is 2.35. The molecule has 0 saturated heterocycles. The van der Waals surface area contributed by atoms with Crippen LogP contribution in [-0.2, 0) is 11.8 Å². The number of nitrogens with zero attached hydrogens (tertiary/aromatic N) is 2. The van der Waals surface area contributed by atoms with Gasteiger partial charge in [-0.2, -0.15) is 5.10 Å². The van der Waals surface area contributed by atoms with Gasteiger partial charge in [-0.3, -0.25) is 14.8 Å². The van der Waals surface area contributed by atoms with Gasteiger partial charge in [0.25, 0.3) is 0 Å². The van der Waals surface area contributed by atoms with Crippen molar-refractivity contribution in [2.24, 2.45) is 7.05 Å². The van der Waals surface area contributed by atoms with Gasteiger partial charge in [-0.1, -0.05) is 13.3 Å². The van der Waals surface area contributed by atoms with Crippen LogP contribution in [0.3, 0.4) is 0 Å². The summed E-state index contributed by atoms with van der Waals surface area (Å²) in [7, 11) is 1.74. The van der Waals surface area contributed by atoms with Crippen LogP contribution in [0.5, 0.6) is 0 Å². The Bertz CT molecular complexity index is 416. The van der Waals surface area contributed by atoms with Gasteiger partial charge >= 0.3 is 12.0 Å². The fourth-order valence-electron chi connectivity index (χ4n) is 1.60. The molecule has 1 unspecified atom stereocenters. The Labute approximate surface area is 105 Å². The predicted molar refractivity (Wildman–Crippen MR) is 66.3 cm³/mol. The molecule has 1 rings (SSSR count). The van der Waals surface area contributed by atoms with Crippen molar-refractivity contribution in [1.29, 1.82) is 0 Å². The van der Waals surface area contributed by atoms with Crippen LogP contribution in [0.25, 0.3) is 0 Å². The van der Waals surface area contributed by atoms with E-state index < -0.39 is 12.0 Å². The number of carboxylic acids is 1. The molecular weight excluding hydrogens is 236 g/mol. The second kappa shape index (κ2) is 6.63. The van der Waals surface area contributed by atoms with E-state index >= 15 is 0 Å². The molecule has 7 heteroatoms. The Balaban J connectivity index is 2.47. The van der Waals surface area contributed by atoms with E-state index in [0.717, 1.165) is 6.42 Å². The first kappa shape index (κ1) is 14.0. The average molecular weight is 254 g/mol. The zero-order valence-corrected chi connectivity index (χ0v) is 10.5. The van der Waals surface area contributed by atoms with Crippen molar-refractivity contribution in [3.05, 3.63) is 12.3 Å². The number of hydrogen-bond donors (Lipinski definition) is 3. The average Bonchev–Trinajstić information content (AvgIpc) is 2.62. The van der Waals surface area contributed by atoms with Crippen molar-refractivity contribution in [2.45, 2.75) is 32.2 Å². The molecular formula is C11H18N4O3. The lowest BCUT2D eigenvalue weighted by Crippen LogP contribution is -2.39. The van der Waals surface area contributed by atoms with Crippen LogP contribution in [0.1, 0.15) is 26.2 Å². The maximum absolute atomic E-state index is 11.6. The first-order valence-electron chi connectivity index (χ1n) is 5.80. The minimum atomic E-state index is -0.924. The largest absolute Gasteiger partial charge is 0.481 e. The first-order valence-corrected chi connectivity index (χ1v) is 5.80. The van der Waals surface area contributed by atoms with Gasteiger partial charge in [0.05, 0.1) is 6.42 Å². The van der Waals surface area contributed by atoms with E-state index in [1.165, 1.54) is 0 Å². The minimum Gasteiger partial charge on any atom is -0.481 e. The number of carboxylic acid groups (broad SMARTS) is 1. The Hall–Kier alpha value is -2.05. The molecule has 0 bridgehead atoms. The molecule has 100 valence electrons. The Morgan fingerprint density at radius 3 is 2.78 bits per heavy atom. The van der Waals surface area contributed by atoms with Gasteiger partial charge in [0.1, 0.15) is 0 Å². The number of carbonyl (C=O) groups is 2. The van der Waals surface area contributed by atoms with E-state index in [2.05, 4.69) is 15.7 Å². The number of amides is 2. The molecule has 1 heterocycles. The van der Waals surface area contributed by atoms with Crippen LogP contribution in [-0.4, -0.2) is 32.9 Å². The van der Waals surface area contributed by atoms with E-state index in [1.807, 2.05) is 6.92 Å². The molecule has 0 aliphatic carbocycles. The zero-order chi connectivity index (χ0) is 13.5. The molecule has 0 aliphatic rings. The molecule has 0 aliphatic heterocycles. The van der Waals surface area contributed by atoms with E-state index in [-0.39, 0.29) is 12.5 Å². The van der Waals surface area contributed by atoms with Gasteiger partial charge in [-0.25, -0.2) is 4.79 Å². The Kier molecular flexibility index (Phi) is 5.16. The summed E-state index contributed by atoms with van der Waals surface area (Å²) in [6, 6.07) is 0.857.